The molecule has 0 unspecified atom stereocenters. The Bertz CT molecular complexity index is 1460. The van der Waals surface area contributed by atoms with Crippen LogP contribution in [0.25, 0.3) is 10.8 Å². The van der Waals surface area contributed by atoms with Crippen LogP contribution in [-0.2, 0) is 11.3 Å². The SMILES string of the molecule is CCC[n+]1cc(Br)cc(C(=O)N(CCNC(=O)CCNC(=O)c2cccc3ccccc23)c2ccccc2)c1.[Cl-]. The quantitative estimate of drug-likeness (QED) is 0.251. The lowest BCUT2D eigenvalue weighted by Crippen LogP contribution is -3.00. The van der Waals surface area contributed by atoms with Crippen LogP contribution in [0.5, 0.6) is 0 Å². The summed E-state index contributed by atoms with van der Waals surface area (Å²) in [5, 5.41) is 7.58. The number of carbonyl (C=O) groups is 3. The minimum atomic E-state index is -0.213. The van der Waals surface area contributed by atoms with Crippen molar-refractivity contribution >= 4 is 50.1 Å². The predicted molar refractivity (Wildman–Crippen MR) is 157 cm³/mol. The summed E-state index contributed by atoms with van der Waals surface area (Å²) in [4.78, 5) is 40.4. The van der Waals surface area contributed by atoms with Crippen LogP contribution in [0, 0.1) is 0 Å². The van der Waals surface area contributed by atoms with Crippen LogP contribution in [0.4, 0.5) is 5.69 Å². The molecule has 3 amide bonds. The van der Waals surface area contributed by atoms with Crippen LogP contribution in [0.2, 0.25) is 0 Å². The Balaban J connectivity index is 0.00000441. The van der Waals surface area contributed by atoms with Gasteiger partial charge in [0.05, 0.1) is 4.47 Å². The molecule has 4 aromatic rings. The van der Waals surface area contributed by atoms with Crippen molar-refractivity contribution in [2.45, 2.75) is 26.3 Å². The van der Waals surface area contributed by atoms with Crippen LogP contribution in [0.3, 0.4) is 0 Å². The summed E-state index contributed by atoms with van der Waals surface area (Å²) in [6, 6.07) is 24.5. The molecule has 1 aromatic heterocycles. The minimum absolute atomic E-state index is 0. The third-order valence-corrected chi connectivity index (χ3v) is 6.69. The molecule has 0 aliphatic rings. The number of amides is 3. The van der Waals surface area contributed by atoms with E-state index < -0.39 is 0 Å². The minimum Gasteiger partial charge on any atom is -1.00 e. The number of hydrogen-bond acceptors (Lipinski definition) is 3. The Kier molecular flexibility index (Phi) is 11.7. The van der Waals surface area contributed by atoms with E-state index in [1.165, 1.54) is 0 Å². The number of rotatable bonds is 11. The van der Waals surface area contributed by atoms with Crippen molar-refractivity contribution in [2.24, 2.45) is 0 Å². The zero-order valence-electron chi connectivity index (χ0n) is 22.3. The van der Waals surface area contributed by atoms with Gasteiger partial charge in [-0.05, 0) is 51.0 Å². The summed E-state index contributed by atoms with van der Waals surface area (Å²) in [6.07, 6.45) is 4.89. The molecule has 0 bridgehead atoms. The van der Waals surface area contributed by atoms with Crippen molar-refractivity contribution < 1.29 is 31.4 Å². The van der Waals surface area contributed by atoms with Gasteiger partial charge in [0, 0.05) is 43.7 Å². The molecule has 0 fully saturated rings. The number of aryl methyl sites for hydroxylation is 1. The molecule has 0 saturated carbocycles. The number of para-hydroxylation sites is 1. The fourth-order valence-corrected chi connectivity index (χ4v) is 4.93. The third-order valence-electron chi connectivity index (χ3n) is 6.26. The number of benzene rings is 3. The summed E-state index contributed by atoms with van der Waals surface area (Å²) in [6.45, 7) is 3.68. The topological polar surface area (TPSA) is 82.4 Å². The highest BCUT2D eigenvalue weighted by Crippen LogP contribution is 2.19. The summed E-state index contributed by atoms with van der Waals surface area (Å²) < 4.78 is 2.82. The first-order valence-corrected chi connectivity index (χ1v) is 13.8. The molecule has 0 radical (unpaired) electrons. The zero-order chi connectivity index (χ0) is 27.6. The average Bonchev–Trinajstić information content (AvgIpc) is 2.95. The van der Waals surface area contributed by atoms with Crippen molar-refractivity contribution in [3.05, 3.63) is 107 Å². The van der Waals surface area contributed by atoms with Gasteiger partial charge in [-0.15, -0.1) is 0 Å². The molecule has 0 atom stereocenters. The van der Waals surface area contributed by atoms with Gasteiger partial charge in [-0.2, -0.15) is 0 Å². The second-order valence-corrected chi connectivity index (χ2v) is 10.1. The van der Waals surface area contributed by atoms with Gasteiger partial charge < -0.3 is 27.9 Å². The molecule has 2 N–H and O–H groups in total. The van der Waals surface area contributed by atoms with E-state index in [-0.39, 0.29) is 49.6 Å². The van der Waals surface area contributed by atoms with Crippen molar-refractivity contribution in [3.63, 3.8) is 0 Å². The van der Waals surface area contributed by atoms with Crippen LogP contribution in [-0.4, -0.2) is 37.4 Å². The van der Waals surface area contributed by atoms with Gasteiger partial charge >= 0.3 is 0 Å². The van der Waals surface area contributed by atoms with E-state index in [2.05, 4.69) is 33.5 Å². The fraction of sp³-hybridized carbons (Fsp3) is 0.226. The van der Waals surface area contributed by atoms with Gasteiger partial charge in [-0.3, -0.25) is 14.4 Å². The molecule has 3 aromatic carbocycles. The molecule has 7 nitrogen and oxygen atoms in total. The van der Waals surface area contributed by atoms with Gasteiger partial charge in [0.25, 0.3) is 11.8 Å². The molecule has 0 aliphatic heterocycles. The Morgan fingerprint density at radius 2 is 1.60 bits per heavy atom. The lowest BCUT2D eigenvalue weighted by molar-refractivity contribution is -0.697. The van der Waals surface area contributed by atoms with Gasteiger partial charge in [-0.25, -0.2) is 4.57 Å². The molecule has 1 heterocycles. The summed E-state index contributed by atoms with van der Waals surface area (Å²) in [7, 11) is 0. The third kappa shape index (κ3) is 8.13. The van der Waals surface area contributed by atoms with Crippen molar-refractivity contribution in [2.75, 3.05) is 24.5 Å². The number of fused-ring (bicyclic) bond motifs is 1. The number of halogens is 2. The molecular formula is C31H32BrClN4O3. The van der Waals surface area contributed by atoms with Gasteiger partial charge in [0.1, 0.15) is 12.1 Å². The fourth-order valence-electron chi connectivity index (χ4n) is 4.42. The maximum absolute atomic E-state index is 13.5. The number of pyridine rings is 1. The number of aromatic nitrogens is 1. The number of hydrogen-bond donors (Lipinski definition) is 2. The maximum Gasteiger partial charge on any atom is 0.264 e. The summed E-state index contributed by atoms with van der Waals surface area (Å²) in [5.74, 6) is -0.560. The Morgan fingerprint density at radius 3 is 2.38 bits per heavy atom. The van der Waals surface area contributed by atoms with E-state index >= 15 is 0 Å². The van der Waals surface area contributed by atoms with Crippen LogP contribution in [0.15, 0.2) is 95.7 Å². The van der Waals surface area contributed by atoms with Crippen LogP contribution >= 0.6 is 15.9 Å². The van der Waals surface area contributed by atoms with Gasteiger partial charge in [0.15, 0.2) is 12.4 Å². The summed E-state index contributed by atoms with van der Waals surface area (Å²) >= 11 is 3.51. The lowest BCUT2D eigenvalue weighted by atomic mass is 10.0. The molecule has 0 aliphatic carbocycles. The largest absolute Gasteiger partial charge is 1.00 e. The standard InChI is InChI=1S/C31H31BrN4O3.ClH/c1-2-18-35-21-24(20-25(32)22-35)31(39)36(26-11-4-3-5-12-26)19-17-33-29(37)15-16-34-30(38)28-14-8-10-23-9-6-7-13-27(23)28;/h3-14,20-22H,2,15-19H2,1H3,(H-,33,34,37,38);1H. The zero-order valence-corrected chi connectivity index (χ0v) is 24.6. The molecule has 4 rings (SSSR count). The normalized spacial score (nSPS) is 10.4. The van der Waals surface area contributed by atoms with Crippen molar-refractivity contribution in [1.29, 1.82) is 0 Å². The monoisotopic (exact) mass is 622 g/mol. The smallest absolute Gasteiger partial charge is 0.264 e. The predicted octanol–water partition coefficient (Wildman–Crippen LogP) is 1.89. The van der Waals surface area contributed by atoms with Crippen LogP contribution in [0.1, 0.15) is 40.5 Å². The second kappa shape index (κ2) is 15.1. The average molecular weight is 624 g/mol. The number of carbonyl (C=O) groups excluding carboxylic acids is 3. The first-order chi connectivity index (χ1) is 19.0. The Labute approximate surface area is 249 Å². The number of nitrogens with zero attached hydrogens (tertiary/aromatic N) is 2. The molecule has 40 heavy (non-hydrogen) atoms. The molecule has 0 saturated heterocycles. The highest BCUT2D eigenvalue weighted by atomic mass is 79.9. The van der Waals surface area contributed by atoms with Gasteiger partial charge in [0.2, 0.25) is 5.91 Å². The number of nitrogens with one attached hydrogen (secondary N) is 2. The van der Waals surface area contributed by atoms with Gasteiger partial charge in [-0.1, -0.05) is 61.5 Å². The highest BCUT2D eigenvalue weighted by Gasteiger charge is 2.21. The van der Waals surface area contributed by atoms with E-state index in [0.717, 1.165) is 33.9 Å². The van der Waals surface area contributed by atoms with E-state index in [1.807, 2.05) is 89.8 Å². The lowest BCUT2D eigenvalue weighted by Gasteiger charge is -2.23. The Hall–Kier alpha value is -3.75. The van der Waals surface area contributed by atoms with E-state index in [4.69, 9.17) is 0 Å². The first-order valence-electron chi connectivity index (χ1n) is 13.1. The van der Waals surface area contributed by atoms with E-state index in [9.17, 15) is 14.4 Å². The number of anilines is 1. The van der Waals surface area contributed by atoms with Crippen molar-refractivity contribution in [3.8, 4) is 0 Å². The van der Waals surface area contributed by atoms with E-state index in [1.54, 1.807) is 11.0 Å². The first kappa shape index (κ1) is 30.8. The van der Waals surface area contributed by atoms with Crippen molar-refractivity contribution in [1.82, 2.24) is 10.6 Å². The summed E-state index contributed by atoms with van der Waals surface area (Å²) in [5.41, 5.74) is 1.89. The van der Waals surface area contributed by atoms with Crippen LogP contribution < -0.4 is 32.5 Å². The molecule has 9 heteroatoms. The van der Waals surface area contributed by atoms with E-state index in [0.29, 0.717) is 17.7 Å². The molecular weight excluding hydrogens is 592 g/mol. The Morgan fingerprint density at radius 1 is 0.875 bits per heavy atom. The highest BCUT2D eigenvalue weighted by molar-refractivity contribution is 9.10. The molecule has 0 spiro atoms. The second-order valence-electron chi connectivity index (χ2n) is 9.16. The molecule has 208 valence electrons. The maximum atomic E-state index is 13.5.